The van der Waals surface area contributed by atoms with E-state index in [0.29, 0.717) is 29.5 Å². The van der Waals surface area contributed by atoms with Gasteiger partial charge in [-0.25, -0.2) is 14.8 Å². The highest BCUT2D eigenvalue weighted by Gasteiger charge is 2.38. The van der Waals surface area contributed by atoms with Crippen LogP contribution in [0.3, 0.4) is 0 Å². The number of carbonyl (C=O) groups excluding carboxylic acids is 1. The topological polar surface area (TPSA) is 132 Å². The fourth-order valence-corrected chi connectivity index (χ4v) is 3.42. The molecule has 0 radical (unpaired) electrons. The summed E-state index contributed by atoms with van der Waals surface area (Å²) in [6, 6.07) is 4.34. The van der Waals surface area contributed by atoms with Crippen LogP contribution >= 0.6 is 0 Å². The molecule has 0 bridgehead atoms. The molecule has 1 unspecified atom stereocenters. The van der Waals surface area contributed by atoms with Gasteiger partial charge in [-0.1, -0.05) is 6.07 Å². The number of nitrogens with one attached hydrogen (secondary N) is 3. The summed E-state index contributed by atoms with van der Waals surface area (Å²) >= 11 is 0. The highest BCUT2D eigenvalue weighted by atomic mass is 19.4. The highest BCUT2D eigenvalue weighted by molar-refractivity contribution is 6.00. The van der Waals surface area contributed by atoms with Gasteiger partial charge in [0.25, 0.3) is 0 Å². The van der Waals surface area contributed by atoms with E-state index in [1.54, 1.807) is 19.9 Å². The number of amides is 2. The minimum absolute atomic E-state index is 0.0990. The number of dihydropyridines is 1. The van der Waals surface area contributed by atoms with E-state index in [0.717, 1.165) is 6.07 Å². The zero-order chi connectivity index (χ0) is 26.7. The van der Waals surface area contributed by atoms with E-state index in [1.165, 1.54) is 38.4 Å². The number of nitriles is 1. The number of aliphatic hydroxyl groups is 1. The number of alkyl halides is 3. The minimum atomic E-state index is -4.72. The van der Waals surface area contributed by atoms with Crippen LogP contribution in [0.1, 0.15) is 43.4 Å². The lowest BCUT2D eigenvalue weighted by atomic mass is 9.83. The number of ether oxygens (including phenoxy) is 1. The van der Waals surface area contributed by atoms with Crippen molar-refractivity contribution in [2.75, 3.05) is 17.2 Å². The molecule has 0 saturated carbocycles. The third-order valence-corrected chi connectivity index (χ3v) is 5.30. The van der Waals surface area contributed by atoms with Crippen LogP contribution in [0.5, 0.6) is 0 Å². The molecular weight excluding hydrogens is 477 g/mol. The van der Waals surface area contributed by atoms with Crippen molar-refractivity contribution in [3.63, 3.8) is 0 Å². The number of hydrogen-bond donors (Lipinski definition) is 4. The quantitative estimate of drug-likeness (QED) is 0.459. The first-order valence-corrected chi connectivity index (χ1v) is 10.9. The molecule has 9 nitrogen and oxygen atoms in total. The number of aliphatic hydroxyl groups excluding tert-OH is 1. The fourth-order valence-electron chi connectivity index (χ4n) is 3.42. The molecule has 1 atom stereocenters. The van der Waals surface area contributed by atoms with Gasteiger partial charge in [0.15, 0.2) is 12.1 Å². The Kier molecular flexibility index (Phi) is 7.54. The first-order chi connectivity index (χ1) is 16.9. The summed E-state index contributed by atoms with van der Waals surface area (Å²) in [5.41, 5.74) is -1.48. The molecule has 1 aliphatic rings. The lowest BCUT2D eigenvalue weighted by Crippen LogP contribution is -2.30. The first-order valence-electron chi connectivity index (χ1n) is 10.9. The smallest absolute Gasteiger partial charge is 0.416 e. The molecule has 36 heavy (non-hydrogen) atoms. The van der Waals surface area contributed by atoms with Gasteiger partial charge in [-0.3, -0.25) is 0 Å². The summed E-state index contributed by atoms with van der Waals surface area (Å²) in [4.78, 5) is 21.0. The number of aromatic nitrogens is 2. The second-order valence-electron chi connectivity index (χ2n) is 8.42. The van der Waals surface area contributed by atoms with Gasteiger partial charge in [-0.2, -0.15) is 18.4 Å². The maximum atomic E-state index is 13.6. The zero-order valence-electron chi connectivity index (χ0n) is 20.0. The third-order valence-electron chi connectivity index (χ3n) is 5.30. The van der Waals surface area contributed by atoms with Gasteiger partial charge in [-0.15, -0.1) is 0 Å². The maximum Gasteiger partial charge on any atom is 0.416 e. The monoisotopic (exact) mass is 502 g/mol. The van der Waals surface area contributed by atoms with Crippen LogP contribution in [0.15, 0.2) is 42.4 Å². The molecule has 1 aromatic heterocycles. The Labute approximate surface area is 205 Å². The second-order valence-corrected chi connectivity index (χ2v) is 8.42. The van der Waals surface area contributed by atoms with Crippen molar-refractivity contribution >= 4 is 23.0 Å². The molecule has 3 rings (SSSR count). The summed E-state index contributed by atoms with van der Waals surface area (Å²) in [5, 5.41) is 26.8. The number of benzene rings is 1. The number of allylic oxidation sites excluding steroid dienone is 2. The van der Waals surface area contributed by atoms with Crippen LogP contribution in [0.2, 0.25) is 0 Å². The maximum absolute atomic E-state index is 13.6. The largest absolute Gasteiger partial charge is 0.493 e. The lowest BCUT2D eigenvalue weighted by Gasteiger charge is -2.22. The Morgan fingerprint density at radius 3 is 2.61 bits per heavy atom. The van der Waals surface area contributed by atoms with Gasteiger partial charge in [0, 0.05) is 17.5 Å². The Morgan fingerprint density at radius 2 is 2.00 bits per heavy atom. The molecule has 0 spiro atoms. The molecule has 2 heterocycles. The summed E-state index contributed by atoms with van der Waals surface area (Å²) in [6.45, 7) is 6.54. The van der Waals surface area contributed by atoms with Crippen molar-refractivity contribution in [3.8, 4) is 6.07 Å². The van der Waals surface area contributed by atoms with Crippen LogP contribution in [0.4, 0.5) is 29.3 Å². The van der Waals surface area contributed by atoms with Crippen LogP contribution in [-0.4, -0.2) is 33.9 Å². The van der Waals surface area contributed by atoms with Gasteiger partial charge >= 0.3 is 12.2 Å². The van der Waals surface area contributed by atoms with Crippen molar-refractivity contribution in [2.45, 2.75) is 45.5 Å². The number of halogens is 3. The molecule has 1 aromatic carbocycles. The van der Waals surface area contributed by atoms with Crippen molar-refractivity contribution in [3.05, 3.63) is 65.1 Å². The van der Waals surface area contributed by atoms with E-state index in [9.17, 15) is 28.3 Å². The third kappa shape index (κ3) is 5.92. The van der Waals surface area contributed by atoms with Gasteiger partial charge in [0.05, 0.1) is 41.2 Å². The molecule has 0 fully saturated rings. The molecule has 12 heteroatoms. The Hall–Kier alpha value is -4.11. The zero-order valence-corrected chi connectivity index (χ0v) is 20.0. The predicted octanol–water partition coefficient (Wildman–Crippen LogP) is 4.43. The van der Waals surface area contributed by atoms with E-state index >= 15 is 0 Å². The molecule has 190 valence electrons. The fraction of sp³-hybridized carbons (Fsp3) is 0.333. The van der Waals surface area contributed by atoms with Gasteiger partial charge < -0.3 is 25.8 Å². The van der Waals surface area contributed by atoms with Crippen LogP contribution in [0.25, 0.3) is 5.57 Å². The standard InChI is InChI=1S/C24H25F3N6O3/c1-5-36-19-8-14(10-30-21(19)34)20-29-11-18(13(2)31-20)33-22(35)32-15-6-7-16(23(3,4)12-28)17(9-15)24(25,26)27/h6-11,21,30,34H,5H2,1-4H3,(H2,32,33,35). The summed E-state index contributed by atoms with van der Waals surface area (Å²) < 4.78 is 46.2. The second kappa shape index (κ2) is 10.2. The SMILES string of the molecule is CCOC1=CC(c2ncc(NC(=O)Nc3ccc(C(C)(C)C#N)c(C(F)(F)F)c3)c(C)n2)=CNC1O. The number of hydrogen-bond acceptors (Lipinski definition) is 7. The van der Waals surface area contributed by atoms with E-state index in [2.05, 4.69) is 25.9 Å². The van der Waals surface area contributed by atoms with Gasteiger partial charge in [-0.05, 0) is 51.5 Å². The van der Waals surface area contributed by atoms with Crippen LogP contribution < -0.4 is 16.0 Å². The normalized spacial score (nSPS) is 15.7. The van der Waals surface area contributed by atoms with Crippen molar-refractivity contribution in [1.82, 2.24) is 15.3 Å². The lowest BCUT2D eigenvalue weighted by molar-refractivity contribution is -0.138. The predicted molar refractivity (Wildman–Crippen MR) is 126 cm³/mol. The minimum Gasteiger partial charge on any atom is -0.493 e. The molecule has 4 N–H and O–H groups in total. The average molecular weight is 502 g/mol. The molecular formula is C24H25F3N6O3. The van der Waals surface area contributed by atoms with E-state index in [1.807, 2.05) is 6.07 Å². The average Bonchev–Trinajstić information content (AvgIpc) is 2.81. The van der Waals surface area contributed by atoms with E-state index < -0.39 is 29.4 Å². The van der Waals surface area contributed by atoms with Crippen molar-refractivity contribution < 1.29 is 27.8 Å². The summed E-state index contributed by atoms with van der Waals surface area (Å²) in [5.74, 6) is 0.612. The van der Waals surface area contributed by atoms with Crippen LogP contribution in [0, 0.1) is 18.3 Å². The van der Waals surface area contributed by atoms with E-state index in [4.69, 9.17) is 4.74 Å². The van der Waals surface area contributed by atoms with E-state index in [-0.39, 0.29) is 16.9 Å². The summed E-state index contributed by atoms with van der Waals surface area (Å²) in [6.07, 6.45) is -1.23. The Balaban J connectivity index is 1.77. The Bertz CT molecular complexity index is 1260. The molecule has 2 aromatic rings. The van der Waals surface area contributed by atoms with Crippen molar-refractivity contribution in [1.29, 1.82) is 5.26 Å². The number of aryl methyl sites for hydroxylation is 1. The number of nitrogens with zero attached hydrogens (tertiary/aromatic N) is 3. The number of anilines is 2. The van der Waals surface area contributed by atoms with Gasteiger partial charge in [0.1, 0.15) is 5.76 Å². The number of urea groups is 1. The Morgan fingerprint density at radius 1 is 1.28 bits per heavy atom. The van der Waals surface area contributed by atoms with Crippen LogP contribution in [-0.2, 0) is 16.3 Å². The highest BCUT2D eigenvalue weighted by Crippen LogP contribution is 2.39. The molecule has 0 saturated heterocycles. The molecule has 0 aliphatic carbocycles. The summed E-state index contributed by atoms with van der Waals surface area (Å²) in [7, 11) is 0. The number of carbonyl (C=O) groups is 1. The first kappa shape index (κ1) is 26.5. The molecule has 2 amide bonds. The van der Waals surface area contributed by atoms with Crippen molar-refractivity contribution in [2.24, 2.45) is 0 Å². The van der Waals surface area contributed by atoms with Gasteiger partial charge in [0.2, 0.25) is 0 Å². The number of rotatable bonds is 6. The molecule has 1 aliphatic heterocycles.